The second kappa shape index (κ2) is 5.65. The van der Waals surface area contributed by atoms with Crippen LogP contribution in [-0.2, 0) is 4.79 Å². The van der Waals surface area contributed by atoms with Gasteiger partial charge < -0.3 is 10.2 Å². The molecule has 1 aliphatic carbocycles. The van der Waals surface area contributed by atoms with Crippen molar-refractivity contribution in [3.05, 3.63) is 23.8 Å². The van der Waals surface area contributed by atoms with Gasteiger partial charge in [0.05, 0.1) is 0 Å². The molecule has 0 aromatic carbocycles. The first-order valence-electron chi connectivity index (χ1n) is 6.26. The third-order valence-electron chi connectivity index (χ3n) is 3.67. The van der Waals surface area contributed by atoms with Crippen molar-refractivity contribution < 1.29 is 15.0 Å². The molecule has 0 heterocycles. The van der Waals surface area contributed by atoms with E-state index < -0.39 is 22.9 Å². The monoisotopic (exact) mass is 370 g/mol. The van der Waals surface area contributed by atoms with Crippen LogP contribution in [0, 0.1) is 16.7 Å². The molecule has 0 spiro atoms. The number of carboxylic acid groups (broad SMARTS) is 1. The van der Waals surface area contributed by atoms with Gasteiger partial charge in [-0.2, -0.15) is 0 Å². The second-order valence-electron chi connectivity index (χ2n) is 7.10. The van der Waals surface area contributed by atoms with Crippen LogP contribution in [0.4, 0.5) is 0 Å². The third kappa shape index (κ3) is 3.66. The average molecular weight is 370 g/mol. The molecule has 0 amide bonds. The summed E-state index contributed by atoms with van der Waals surface area (Å²) in [5.41, 5.74) is -1.06. The molecule has 3 nitrogen and oxygen atoms in total. The Morgan fingerprint density at radius 3 is 2.00 bits per heavy atom. The molecule has 0 fully saturated rings. The van der Waals surface area contributed by atoms with Gasteiger partial charge in [0, 0.05) is 0 Å². The molecule has 0 aromatic heterocycles. The van der Waals surface area contributed by atoms with Crippen LogP contribution in [-0.4, -0.2) is 47.6 Å². The molecule has 0 aliphatic heterocycles. The van der Waals surface area contributed by atoms with Gasteiger partial charge in [0.2, 0.25) is 0 Å². The fourth-order valence-corrected chi connectivity index (χ4v) is 2.16. The van der Waals surface area contributed by atoms with E-state index in [1.165, 1.54) is 0 Å². The van der Waals surface area contributed by atoms with E-state index >= 15 is 0 Å². The molecule has 1 aliphatic rings. The molecule has 2 unspecified atom stereocenters. The Hall–Kier alpha value is -0.220. The molecule has 0 bridgehead atoms. The van der Waals surface area contributed by atoms with E-state index in [2.05, 4.69) is 0 Å². The zero-order chi connectivity index (χ0) is 14.4. The summed E-state index contributed by atoms with van der Waals surface area (Å²) in [7, 11) is 0. The number of aliphatic hydroxyl groups is 1. The maximum absolute atomic E-state index is 11.5. The molecule has 4 heteroatoms. The Bertz CT molecular complexity index is 410. The Kier molecular flexibility index (Phi) is 5.58. The number of carboxylic acids is 1. The van der Waals surface area contributed by atoms with Crippen molar-refractivity contribution in [3.8, 4) is 0 Å². The van der Waals surface area contributed by atoms with Crippen molar-refractivity contribution in [1.82, 2.24) is 0 Å². The summed E-state index contributed by atoms with van der Waals surface area (Å²) in [5, 5.41) is 20.1. The van der Waals surface area contributed by atoms with E-state index in [9.17, 15) is 15.0 Å². The van der Waals surface area contributed by atoms with Gasteiger partial charge in [-0.25, -0.2) is 0 Å². The summed E-state index contributed by atoms with van der Waals surface area (Å²) in [6, 6.07) is 0. The van der Waals surface area contributed by atoms with Gasteiger partial charge in [0.1, 0.15) is 11.5 Å². The fourth-order valence-electron chi connectivity index (χ4n) is 2.16. The molecule has 1 rings (SSSR count). The Balaban J connectivity index is 0.00000324. The van der Waals surface area contributed by atoms with Crippen LogP contribution in [0.3, 0.4) is 0 Å². The van der Waals surface area contributed by atoms with Crippen molar-refractivity contribution >= 4 is 31.8 Å². The predicted octanol–water partition coefficient (Wildman–Crippen LogP) is 1.82. The number of hydrogen-bond acceptors (Lipinski definition) is 2. The summed E-state index contributed by atoms with van der Waals surface area (Å²) in [6.45, 7) is 11.6. The van der Waals surface area contributed by atoms with Crippen LogP contribution in [0.25, 0.3) is 0 Å². The molecule has 0 radical (unpaired) electrons. The average Bonchev–Trinajstić information content (AvgIpc) is 2.14. The number of aliphatic carboxylic acids is 1. The Morgan fingerprint density at radius 2 is 1.68 bits per heavy atom. The summed E-state index contributed by atoms with van der Waals surface area (Å²) in [6.07, 6.45) is 5.19. The first-order valence-corrected chi connectivity index (χ1v) is 6.26. The molecule has 19 heavy (non-hydrogen) atoms. The van der Waals surface area contributed by atoms with Gasteiger partial charge in [0.15, 0.2) is 0 Å². The van der Waals surface area contributed by atoms with Gasteiger partial charge in [-0.05, 0) is 16.4 Å². The minimum absolute atomic E-state index is 0. The molecule has 0 aromatic rings. The number of carbonyl (C=O) groups is 1. The Morgan fingerprint density at radius 1 is 1.21 bits per heavy atom. The summed E-state index contributed by atoms with van der Waals surface area (Å²) in [5.74, 6) is -1.89. The van der Waals surface area contributed by atoms with E-state index in [0.717, 1.165) is 5.57 Å². The van der Waals surface area contributed by atoms with Gasteiger partial charge in [-0.1, -0.05) is 59.8 Å². The topological polar surface area (TPSA) is 57.5 Å². The van der Waals surface area contributed by atoms with E-state index in [1.807, 2.05) is 47.6 Å². The van der Waals surface area contributed by atoms with Crippen LogP contribution in [0.1, 0.15) is 41.5 Å². The van der Waals surface area contributed by atoms with Gasteiger partial charge in [-0.3, -0.25) is 4.79 Å². The van der Waals surface area contributed by atoms with Crippen molar-refractivity contribution in [2.45, 2.75) is 47.1 Å². The molecular weight excluding hydrogens is 343 g/mol. The molecule has 108 valence electrons. The van der Waals surface area contributed by atoms with E-state index in [1.54, 1.807) is 12.2 Å². The second-order valence-corrected chi connectivity index (χ2v) is 7.10. The van der Waals surface area contributed by atoms with Crippen LogP contribution in [0.15, 0.2) is 23.8 Å². The van der Waals surface area contributed by atoms with E-state index in [4.69, 9.17) is 0 Å². The maximum atomic E-state index is 11.5. The molecule has 0 saturated carbocycles. The van der Waals surface area contributed by atoms with Crippen molar-refractivity contribution in [2.24, 2.45) is 16.7 Å². The quantitative estimate of drug-likeness (QED) is 0.741. The van der Waals surface area contributed by atoms with Crippen molar-refractivity contribution in [2.75, 3.05) is 0 Å². The number of rotatable bonds is 1. The molecule has 2 N–H and O–H groups in total. The zero-order valence-electron chi connectivity index (χ0n) is 12.1. The zero-order valence-corrected chi connectivity index (χ0v) is 12.1. The van der Waals surface area contributed by atoms with Gasteiger partial charge in [-0.15, -0.1) is 0 Å². The predicted molar refractivity (Wildman–Crippen MR) is 82.1 cm³/mol. The fraction of sp³-hybridized carbons (Fsp3) is 0.667. The van der Waals surface area contributed by atoms with Crippen molar-refractivity contribution in [1.29, 1.82) is 0 Å². The Labute approximate surface area is 134 Å². The molecule has 2 atom stereocenters. The normalized spacial score (nSPS) is 27.5. The van der Waals surface area contributed by atoms with E-state index in [-0.39, 0.29) is 31.3 Å². The summed E-state index contributed by atoms with van der Waals surface area (Å²) in [4.78, 5) is 11.5. The van der Waals surface area contributed by atoms with Crippen molar-refractivity contribution in [3.63, 3.8) is 0 Å². The standard InChI is InChI=1S/C15H24O3.In.3H/c1-13(2,3)10-7-8-15(18,14(4,5)6)11(9-10)12(16)17;;;;/h7-9,11,18H,1-6H3,(H,16,17);;;;. The van der Waals surface area contributed by atoms with Gasteiger partial charge >= 0.3 is 31.8 Å². The molecular formula is C15H27InO3. The summed E-state index contributed by atoms with van der Waals surface area (Å²) < 4.78 is 0. The molecule has 0 saturated heterocycles. The SMILES string of the molecule is CC(C)(C)C1=CC(C(=O)O)C(O)(C(C)(C)C)C=C1.[InH3]. The summed E-state index contributed by atoms with van der Waals surface area (Å²) >= 11 is 0. The van der Waals surface area contributed by atoms with Gasteiger partial charge in [0.25, 0.3) is 0 Å². The van der Waals surface area contributed by atoms with Crippen LogP contribution in [0.5, 0.6) is 0 Å². The third-order valence-corrected chi connectivity index (χ3v) is 3.67. The number of hydrogen-bond donors (Lipinski definition) is 2. The van der Waals surface area contributed by atoms with Crippen LogP contribution < -0.4 is 0 Å². The van der Waals surface area contributed by atoms with Crippen LogP contribution in [0.2, 0.25) is 0 Å². The van der Waals surface area contributed by atoms with Crippen LogP contribution >= 0.6 is 0 Å². The first kappa shape index (κ1) is 18.8. The minimum atomic E-state index is -1.35. The number of allylic oxidation sites excluding steroid dienone is 2. The first-order chi connectivity index (χ1) is 7.89. The van der Waals surface area contributed by atoms with E-state index in [0.29, 0.717) is 0 Å².